The average molecular weight is 316 g/mol. The molecule has 0 aliphatic carbocycles. The van der Waals surface area contributed by atoms with Gasteiger partial charge in [0.2, 0.25) is 0 Å². The van der Waals surface area contributed by atoms with Crippen LogP contribution in [0.1, 0.15) is 16.1 Å². The van der Waals surface area contributed by atoms with E-state index < -0.39 is 4.92 Å². The van der Waals surface area contributed by atoms with E-state index in [0.717, 1.165) is 0 Å². The molecule has 0 atom stereocenters. The van der Waals surface area contributed by atoms with E-state index >= 15 is 0 Å². The quantitative estimate of drug-likeness (QED) is 0.534. The highest BCUT2D eigenvalue weighted by Gasteiger charge is 2.18. The Hall–Kier alpha value is -2.73. The maximum atomic E-state index is 12.6. The number of fused-ring (bicyclic) bond motifs is 1. The van der Waals surface area contributed by atoms with E-state index in [-0.39, 0.29) is 11.6 Å². The Labute approximate surface area is 130 Å². The highest BCUT2D eigenvalue weighted by molar-refractivity contribution is 6.31. The highest BCUT2D eigenvalue weighted by atomic mass is 35.5. The Kier molecular flexibility index (Phi) is 3.38. The second-order valence-electron chi connectivity index (χ2n) is 4.77. The van der Waals surface area contributed by atoms with Crippen LogP contribution in [0, 0.1) is 17.0 Å². The zero-order valence-electron chi connectivity index (χ0n) is 11.5. The van der Waals surface area contributed by atoms with Crippen LogP contribution in [0.3, 0.4) is 0 Å². The van der Waals surface area contributed by atoms with Gasteiger partial charge in [-0.05, 0) is 31.2 Å². The van der Waals surface area contributed by atoms with Crippen LogP contribution in [0.25, 0.3) is 10.9 Å². The molecule has 0 aliphatic rings. The van der Waals surface area contributed by atoms with Crippen molar-refractivity contribution >= 4 is 34.1 Å². The number of aryl methyl sites for hydroxylation is 1. The Balaban J connectivity index is 2.19. The number of nitro groups is 1. The molecule has 0 aliphatic heterocycles. The van der Waals surface area contributed by atoms with Gasteiger partial charge in [0.05, 0.1) is 16.1 Å². The number of carbonyl (C=O) groups is 1. The molecule has 0 bridgehead atoms. The summed E-state index contributed by atoms with van der Waals surface area (Å²) < 4.78 is 1.17. The second-order valence-corrected chi connectivity index (χ2v) is 5.21. The minimum atomic E-state index is -0.504. The van der Waals surface area contributed by atoms with Gasteiger partial charge in [0.25, 0.3) is 11.6 Å². The first kappa shape index (κ1) is 14.2. The van der Waals surface area contributed by atoms with E-state index in [1.54, 1.807) is 31.2 Å². The van der Waals surface area contributed by atoms with Gasteiger partial charge in [0.15, 0.2) is 0 Å². The van der Waals surface area contributed by atoms with Crippen molar-refractivity contribution in [3.63, 3.8) is 0 Å². The lowest BCUT2D eigenvalue weighted by molar-refractivity contribution is -0.384. The third-order valence-corrected chi connectivity index (χ3v) is 3.56. The lowest BCUT2D eigenvalue weighted by Crippen LogP contribution is -2.13. The molecule has 6 nitrogen and oxygen atoms in total. The lowest BCUT2D eigenvalue weighted by Gasteiger charge is -2.03. The summed E-state index contributed by atoms with van der Waals surface area (Å²) in [6, 6.07) is 10.8. The van der Waals surface area contributed by atoms with Crippen molar-refractivity contribution in [2.24, 2.45) is 0 Å². The normalized spacial score (nSPS) is 10.8. The van der Waals surface area contributed by atoms with Crippen LogP contribution in [0.15, 0.2) is 42.5 Å². The van der Waals surface area contributed by atoms with Crippen molar-refractivity contribution in [3.05, 3.63) is 68.9 Å². The molecule has 2 aromatic carbocycles. The molecule has 0 fully saturated rings. The molecule has 0 unspecified atom stereocenters. The first-order chi connectivity index (χ1) is 10.5. The van der Waals surface area contributed by atoms with E-state index in [0.29, 0.717) is 27.2 Å². The van der Waals surface area contributed by atoms with Gasteiger partial charge in [-0.15, -0.1) is 0 Å². The molecule has 3 rings (SSSR count). The molecule has 0 N–H and O–H groups in total. The molecular weight excluding hydrogens is 306 g/mol. The van der Waals surface area contributed by atoms with Crippen LogP contribution in [0.5, 0.6) is 0 Å². The molecule has 0 spiro atoms. The molecular formula is C15H10ClN3O3. The van der Waals surface area contributed by atoms with Gasteiger partial charge in [-0.3, -0.25) is 14.9 Å². The molecule has 1 aromatic heterocycles. The summed E-state index contributed by atoms with van der Waals surface area (Å²) in [5.41, 5.74) is 1.30. The van der Waals surface area contributed by atoms with Crippen molar-refractivity contribution in [1.29, 1.82) is 0 Å². The van der Waals surface area contributed by atoms with Crippen molar-refractivity contribution in [3.8, 4) is 0 Å². The summed E-state index contributed by atoms with van der Waals surface area (Å²) in [5.74, 6) is -0.388. The Morgan fingerprint density at radius 3 is 2.73 bits per heavy atom. The number of hydrogen-bond donors (Lipinski definition) is 0. The van der Waals surface area contributed by atoms with Crippen LogP contribution in [-0.4, -0.2) is 20.6 Å². The molecule has 0 radical (unpaired) electrons. The summed E-state index contributed by atoms with van der Waals surface area (Å²) in [6.45, 7) is 1.75. The van der Waals surface area contributed by atoms with Crippen LogP contribution >= 0.6 is 11.6 Å². The molecule has 0 saturated carbocycles. The zero-order chi connectivity index (χ0) is 15.9. The first-order valence-electron chi connectivity index (χ1n) is 6.41. The number of non-ortho nitro benzene ring substituents is 1. The molecule has 3 aromatic rings. The smallest absolute Gasteiger partial charge is 0.267 e. The number of carbonyl (C=O) groups excluding carboxylic acids is 1. The Morgan fingerprint density at radius 1 is 1.27 bits per heavy atom. The number of hydrogen-bond acceptors (Lipinski definition) is 4. The molecule has 7 heteroatoms. The average Bonchev–Trinajstić information content (AvgIpc) is 2.83. The predicted molar refractivity (Wildman–Crippen MR) is 82.3 cm³/mol. The van der Waals surface area contributed by atoms with Gasteiger partial charge in [-0.2, -0.15) is 9.78 Å². The number of aromatic nitrogens is 2. The molecule has 0 saturated heterocycles. The van der Waals surface area contributed by atoms with Gasteiger partial charge in [-0.25, -0.2) is 0 Å². The van der Waals surface area contributed by atoms with Gasteiger partial charge in [0.1, 0.15) is 0 Å². The van der Waals surface area contributed by atoms with E-state index in [1.165, 1.54) is 22.9 Å². The second kappa shape index (κ2) is 5.23. The molecule has 22 heavy (non-hydrogen) atoms. The van der Waals surface area contributed by atoms with Crippen molar-refractivity contribution in [2.45, 2.75) is 6.92 Å². The lowest BCUT2D eigenvalue weighted by atomic mass is 10.2. The SMILES string of the molecule is Cc1nn(C(=O)c2cccc(Cl)c2)c2cc([N+](=O)[O-])ccc12. The van der Waals surface area contributed by atoms with E-state index in [9.17, 15) is 14.9 Å². The fourth-order valence-corrected chi connectivity index (χ4v) is 2.46. The van der Waals surface area contributed by atoms with Crippen LogP contribution in [0.2, 0.25) is 5.02 Å². The van der Waals surface area contributed by atoms with E-state index in [1.807, 2.05) is 0 Å². The summed E-state index contributed by atoms with van der Waals surface area (Å²) in [7, 11) is 0. The third-order valence-electron chi connectivity index (χ3n) is 3.32. The number of nitrogens with zero attached hydrogens (tertiary/aromatic N) is 3. The van der Waals surface area contributed by atoms with Gasteiger partial charge in [-0.1, -0.05) is 17.7 Å². The van der Waals surface area contributed by atoms with Gasteiger partial charge >= 0.3 is 0 Å². The van der Waals surface area contributed by atoms with Crippen molar-refractivity contribution < 1.29 is 9.72 Å². The van der Waals surface area contributed by atoms with Crippen LogP contribution < -0.4 is 0 Å². The predicted octanol–water partition coefficient (Wildman–Crippen LogP) is 3.59. The minimum Gasteiger partial charge on any atom is -0.267 e. The van der Waals surface area contributed by atoms with Crippen LogP contribution in [0.4, 0.5) is 5.69 Å². The Bertz CT molecular complexity index is 918. The number of benzene rings is 2. The van der Waals surface area contributed by atoms with Crippen molar-refractivity contribution in [1.82, 2.24) is 9.78 Å². The summed E-state index contributed by atoms with van der Waals surface area (Å²) >= 11 is 5.90. The zero-order valence-corrected chi connectivity index (χ0v) is 12.2. The maximum Gasteiger partial charge on any atom is 0.278 e. The fourth-order valence-electron chi connectivity index (χ4n) is 2.27. The van der Waals surface area contributed by atoms with Gasteiger partial charge < -0.3 is 0 Å². The molecule has 110 valence electrons. The first-order valence-corrected chi connectivity index (χ1v) is 6.79. The standard InChI is InChI=1S/C15H10ClN3O3/c1-9-13-6-5-12(19(21)22)8-14(13)18(17-9)15(20)10-3-2-4-11(16)7-10/h2-8H,1H3. The highest BCUT2D eigenvalue weighted by Crippen LogP contribution is 2.24. The summed E-state index contributed by atoms with van der Waals surface area (Å²) in [4.78, 5) is 23.0. The Morgan fingerprint density at radius 2 is 2.05 bits per heavy atom. The molecule has 1 heterocycles. The van der Waals surface area contributed by atoms with Gasteiger partial charge in [0, 0.05) is 28.1 Å². The van der Waals surface area contributed by atoms with Crippen LogP contribution in [-0.2, 0) is 0 Å². The third kappa shape index (κ3) is 2.33. The number of halogens is 1. The largest absolute Gasteiger partial charge is 0.278 e. The van der Waals surface area contributed by atoms with E-state index in [4.69, 9.17) is 11.6 Å². The summed E-state index contributed by atoms with van der Waals surface area (Å²) in [6.07, 6.45) is 0. The summed E-state index contributed by atoms with van der Waals surface area (Å²) in [5, 5.41) is 16.2. The van der Waals surface area contributed by atoms with E-state index in [2.05, 4.69) is 5.10 Å². The molecule has 0 amide bonds. The minimum absolute atomic E-state index is 0.0902. The number of nitro benzene ring substituents is 1. The number of rotatable bonds is 2. The van der Waals surface area contributed by atoms with Crippen molar-refractivity contribution in [2.75, 3.05) is 0 Å². The fraction of sp³-hybridized carbons (Fsp3) is 0.0667. The maximum absolute atomic E-state index is 12.6. The monoisotopic (exact) mass is 315 g/mol. The topological polar surface area (TPSA) is 78.0 Å².